The van der Waals surface area contributed by atoms with Gasteiger partial charge in [-0.15, -0.1) is 0 Å². The van der Waals surface area contributed by atoms with E-state index in [9.17, 15) is 19.1 Å². The van der Waals surface area contributed by atoms with Gasteiger partial charge in [0.1, 0.15) is 23.4 Å². The van der Waals surface area contributed by atoms with Gasteiger partial charge in [0, 0.05) is 13.0 Å². The molecule has 1 aromatic carbocycles. The third-order valence-corrected chi connectivity index (χ3v) is 4.78. The van der Waals surface area contributed by atoms with Crippen molar-refractivity contribution in [2.45, 2.75) is 39.7 Å². The van der Waals surface area contributed by atoms with Crippen molar-refractivity contribution in [2.75, 3.05) is 6.54 Å². The summed E-state index contributed by atoms with van der Waals surface area (Å²) in [5.74, 6) is -0.494. The lowest BCUT2D eigenvalue weighted by atomic mass is 9.95. The average Bonchev–Trinajstić information content (AvgIpc) is 3.16. The fraction of sp³-hybridized carbons (Fsp3) is 0.364. The van der Waals surface area contributed by atoms with Gasteiger partial charge in [0.15, 0.2) is 11.5 Å². The predicted molar refractivity (Wildman–Crippen MR) is 102 cm³/mol. The Balaban J connectivity index is 1.91. The van der Waals surface area contributed by atoms with Gasteiger partial charge in [-0.25, -0.2) is 4.39 Å². The maximum atomic E-state index is 13.1. The topological polar surface area (TPSA) is 70.8 Å². The number of Topliss-reactive ketones (excluding diaryl/α,β-unsaturated/α-hetero) is 1. The van der Waals surface area contributed by atoms with Gasteiger partial charge < -0.3 is 14.4 Å². The summed E-state index contributed by atoms with van der Waals surface area (Å²) >= 11 is 0. The maximum absolute atomic E-state index is 13.1. The van der Waals surface area contributed by atoms with Crippen LogP contribution in [0.1, 0.15) is 43.4 Å². The normalized spacial score (nSPS) is 17.1. The van der Waals surface area contributed by atoms with E-state index in [2.05, 4.69) is 0 Å². The van der Waals surface area contributed by atoms with Gasteiger partial charge in [0.25, 0.3) is 5.91 Å². The first-order valence-corrected chi connectivity index (χ1v) is 9.36. The fourth-order valence-corrected chi connectivity index (χ4v) is 3.45. The molecule has 5 nitrogen and oxygen atoms in total. The molecule has 1 aliphatic rings. The summed E-state index contributed by atoms with van der Waals surface area (Å²) in [4.78, 5) is 27.0. The zero-order chi connectivity index (χ0) is 20.4. The molecule has 3 rings (SSSR count). The Hall–Kier alpha value is -2.89. The van der Waals surface area contributed by atoms with Crippen molar-refractivity contribution >= 4 is 11.7 Å². The molecule has 0 saturated heterocycles. The van der Waals surface area contributed by atoms with Crippen molar-refractivity contribution in [3.8, 4) is 0 Å². The summed E-state index contributed by atoms with van der Waals surface area (Å²) in [6.07, 6.45) is 0.690. The number of nitrogens with zero attached hydrogens (tertiary/aromatic N) is 1. The second-order valence-corrected chi connectivity index (χ2v) is 7.51. The molecule has 0 fully saturated rings. The van der Waals surface area contributed by atoms with Crippen LogP contribution < -0.4 is 0 Å². The molecule has 1 aliphatic heterocycles. The summed E-state index contributed by atoms with van der Waals surface area (Å²) < 4.78 is 18.8. The van der Waals surface area contributed by atoms with Crippen LogP contribution in [0.3, 0.4) is 0 Å². The van der Waals surface area contributed by atoms with E-state index < -0.39 is 17.7 Å². The van der Waals surface area contributed by atoms with Crippen LogP contribution in [0.2, 0.25) is 0 Å². The number of hydrogen-bond acceptors (Lipinski definition) is 4. The van der Waals surface area contributed by atoms with Gasteiger partial charge in [-0.1, -0.05) is 26.0 Å². The van der Waals surface area contributed by atoms with Crippen molar-refractivity contribution in [3.05, 3.63) is 70.6 Å². The van der Waals surface area contributed by atoms with E-state index in [1.807, 2.05) is 13.8 Å². The molecule has 1 aromatic heterocycles. The SMILES string of the molecule is Cc1ccc(C2C(C(=O)CC(C)C)=C(O)C(=O)N2CCc2ccc(F)cc2)o1. The van der Waals surface area contributed by atoms with Crippen LogP contribution in [0.25, 0.3) is 0 Å². The first-order chi connectivity index (χ1) is 13.3. The van der Waals surface area contributed by atoms with Crippen LogP contribution in [0.5, 0.6) is 0 Å². The first kappa shape index (κ1) is 19.9. The van der Waals surface area contributed by atoms with Crippen molar-refractivity contribution in [1.29, 1.82) is 0 Å². The Morgan fingerprint density at radius 2 is 1.89 bits per heavy atom. The number of ketones is 1. The molecule has 1 N–H and O–H groups in total. The van der Waals surface area contributed by atoms with Crippen LogP contribution >= 0.6 is 0 Å². The number of halogens is 1. The Bertz CT molecular complexity index is 911. The highest BCUT2D eigenvalue weighted by Gasteiger charge is 2.44. The number of rotatable bonds is 7. The zero-order valence-electron chi connectivity index (χ0n) is 16.2. The van der Waals surface area contributed by atoms with Gasteiger partial charge in [0.05, 0.1) is 5.57 Å². The van der Waals surface area contributed by atoms with E-state index in [1.54, 1.807) is 31.2 Å². The van der Waals surface area contributed by atoms with Gasteiger partial charge in [-0.05, 0) is 49.1 Å². The number of benzene rings is 1. The highest BCUT2D eigenvalue weighted by atomic mass is 19.1. The lowest BCUT2D eigenvalue weighted by Gasteiger charge is -2.25. The molecular weight excluding hydrogens is 361 g/mol. The van der Waals surface area contributed by atoms with Crippen LogP contribution in [-0.2, 0) is 16.0 Å². The van der Waals surface area contributed by atoms with Crippen molar-refractivity contribution in [3.63, 3.8) is 0 Å². The average molecular weight is 385 g/mol. The number of carbonyl (C=O) groups is 2. The number of aliphatic hydroxyl groups is 1. The number of carbonyl (C=O) groups excluding carboxylic acids is 2. The summed E-state index contributed by atoms with van der Waals surface area (Å²) in [6, 6.07) is 8.76. The van der Waals surface area contributed by atoms with E-state index in [-0.39, 0.29) is 36.1 Å². The Morgan fingerprint density at radius 1 is 1.21 bits per heavy atom. The fourth-order valence-electron chi connectivity index (χ4n) is 3.45. The van der Waals surface area contributed by atoms with Crippen molar-refractivity contribution < 1.29 is 23.5 Å². The number of aryl methyl sites for hydroxylation is 1. The minimum Gasteiger partial charge on any atom is -0.503 e. The van der Waals surface area contributed by atoms with E-state index in [0.717, 1.165) is 5.56 Å². The van der Waals surface area contributed by atoms with Crippen molar-refractivity contribution in [2.24, 2.45) is 5.92 Å². The summed E-state index contributed by atoms with van der Waals surface area (Å²) in [7, 11) is 0. The molecule has 28 heavy (non-hydrogen) atoms. The van der Waals surface area contributed by atoms with Gasteiger partial charge in [-0.2, -0.15) is 0 Å². The minimum atomic E-state index is -0.757. The Kier molecular flexibility index (Phi) is 5.68. The molecule has 0 aliphatic carbocycles. The van der Waals surface area contributed by atoms with Crippen LogP contribution in [0.15, 0.2) is 52.1 Å². The molecule has 6 heteroatoms. The predicted octanol–water partition coefficient (Wildman–Crippen LogP) is 4.28. The van der Waals surface area contributed by atoms with E-state index in [4.69, 9.17) is 4.42 Å². The first-order valence-electron chi connectivity index (χ1n) is 9.36. The standard InChI is InChI=1S/C22H24FNO4/c1-13(2)12-17(25)19-20(18-9-4-14(3)28-18)24(22(27)21(19)26)11-10-15-5-7-16(23)8-6-15/h4-9,13,20,26H,10-12H2,1-3H3. The molecular formula is C22H24FNO4. The lowest BCUT2D eigenvalue weighted by Crippen LogP contribution is -2.33. The van der Waals surface area contributed by atoms with E-state index in [1.165, 1.54) is 17.0 Å². The highest BCUT2D eigenvalue weighted by Crippen LogP contribution is 2.39. The molecule has 0 bridgehead atoms. The van der Waals surface area contributed by atoms with Gasteiger partial charge in [-0.3, -0.25) is 9.59 Å². The van der Waals surface area contributed by atoms with Crippen LogP contribution in [-0.4, -0.2) is 28.2 Å². The quantitative estimate of drug-likeness (QED) is 0.772. The van der Waals surface area contributed by atoms with Crippen LogP contribution in [0.4, 0.5) is 4.39 Å². The largest absolute Gasteiger partial charge is 0.503 e. The molecule has 0 radical (unpaired) electrons. The van der Waals surface area contributed by atoms with E-state index >= 15 is 0 Å². The monoisotopic (exact) mass is 385 g/mol. The zero-order valence-corrected chi connectivity index (χ0v) is 16.2. The van der Waals surface area contributed by atoms with Gasteiger partial charge in [0.2, 0.25) is 0 Å². The molecule has 0 spiro atoms. The maximum Gasteiger partial charge on any atom is 0.290 e. The summed E-state index contributed by atoms with van der Waals surface area (Å²) in [5.41, 5.74) is 0.942. The Labute approximate surface area is 163 Å². The molecule has 148 valence electrons. The minimum absolute atomic E-state index is 0.0900. The smallest absolute Gasteiger partial charge is 0.290 e. The third-order valence-electron chi connectivity index (χ3n) is 4.78. The molecule has 1 amide bonds. The van der Waals surface area contributed by atoms with Gasteiger partial charge >= 0.3 is 0 Å². The number of aliphatic hydroxyl groups excluding tert-OH is 1. The van der Waals surface area contributed by atoms with Crippen LogP contribution in [0, 0.1) is 18.7 Å². The molecule has 1 unspecified atom stereocenters. The third kappa shape index (κ3) is 4.01. The second kappa shape index (κ2) is 8.00. The number of amides is 1. The lowest BCUT2D eigenvalue weighted by molar-refractivity contribution is -0.129. The van der Waals surface area contributed by atoms with Crippen molar-refractivity contribution in [1.82, 2.24) is 4.90 Å². The number of furan rings is 1. The Morgan fingerprint density at radius 3 is 2.46 bits per heavy atom. The summed E-state index contributed by atoms with van der Waals surface area (Å²) in [5, 5.41) is 10.5. The highest BCUT2D eigenvalue weighted by molar-refractivity contribution is 6.08. The molecule has 1 atom stereocenters. The second-order valence-electron chi connectivity index (χ2n) is 7.51. The summed E-state index contributed by atoms with van der Waals surface area (Å²) in [6.45, 7) is 5.86. The van der Waals surface area contributed by atoms with E-state index in [0.29, 0.717) is 17.9 Å². The molecule has 2 heterocycles. The molecule has 0 saturated carbocycles. The molecule has 2 aromatic rings. The number of hydrogen-bond donors (Lipinski definition) is 1.